The van der Waals surface area contributed by atoms with Crippen LogP contribution in [0.4, 0.5) is 5.69 Å². The van der Waals surface area contributed by atoms with Gasteiger partial charge in [-0.2, -0.15) is 0 Å². The molecule has 0 bridgehead atoms. The lowest BCUT2D eigenvalue weighted by molar-refractivity contribution is 0.0933. The molecule has 5 heteroatoms. The number of nitrogens with two attached hydrogens (primary N) is 1. The van der Waals surface area contributed by atoms with E-state index >= 15 is 0 Å². The van der Waals surface area contributed by atoms with Crippen molar-refractivity contribution < 1.29 is 4.79 Å². The Morgan fingerprint density at radius 1 is 1.47 bits per heavy atom. The minimum atomic E-state index is -0.160. The first-order valence-corrected chi connectivity index (χ1v) is 7.03. The number of halogens is 1. The lowest BCUT2D eigenvalue weighted by Gasteiger charge is -2.21. The second-order valence-corrected chi connectivity index (χ2v) is 5.49. The van der Waals surface area contributed by atoms with Crippen molar-refractivity contribution in [2.45, 2.75) is 25.8 Å². The van der Waals surface area contributed by atoms with Crippen molar-refractivity contribution in [1.29, 1.82) is 0 Å². The van der Waals surface area contributed by atoms with E-state index in [9.17, 15) is 4.79 Å². The molecule has 4 nitrogen and oxygen atoms in total. The van der Waals surface area contributed by atoms with E-state index in [0.717, 1.165) is 19.6 Å². The maximum atomic E-state index is 12.1. The van der Waals surface area contributed by atoms with Crippen LogP contribution < -0.4 is 11.1 Å². The minimum absolute atomic E-state index is 0.101. The van der Waals surface area contributed by atoms with Gasteiger partial charge in [0, 0.05) is 12.6 Å². The van der Waals surface area contributed by atoms with Crippen LogP contribution in [0, 0.1) is 0 Å². The first kappa shape index (κ1) is 14.2. The standard InChI is InChI=1S/C14H20ClN3O/c1-10(9-18-7-2-3-8-18)17-14(19)11-5-4-6-12(15)13(11)16/h4-6,10H,2-3,7-9,16H2,1H3,(H,17,19). The second kappa shape index (κ2) is 6.26. The molecule has 1 atom stereocenters. The molecule has 0 aliphatic carbocycles. The number of nitrogens with one attached hydrogen (secondary N) is 1. The van der Waals surface area contributed by atoms with Crippen molar-refractivity contribution in [3.05, 3.63) is 28.8 Å². The van der Waals surface area contributed by atoms with E-state index in [4.69, 9.17) is 17.3 Å². The van der Waals surface area contributed by atoms with Crippen LogP contribution in [0.1, 0.15) is 30.1 Å². The Kier molecular flexibility index (Phi) is 4.66. The summed E-state index contributed by atoms with van der Waals surface area (Å²) in [6.07, 6.45) is 2.50. The molecule has 1 heterocycles. The molecule has 104 valence electrons. The van der Waals surface area contributed by atoms with Crippen LogP contribution in [0.15, 0.2) is 18.2 Å². The van der Waals surface area contributed by atoms with Crippen LogP contribution in [0.2, 0.25) is 5.02 Å². The van der Waals surface area contributed by atoms with Crippen molar-refractivity contribution >= 4 is 23.2 Å². The number of nitrogens with zero attached hydrogens (tertiary/aromatic N) is 1. The lowest BCUT2D eigenvalue weighted by Crippen LogP contribution is -2.41. The number of amides is 1. The summed E-state index contributed by atoms with van der Waals surface area (Å²) in [5.74, 6) is -0.160. The second-order valence-electron chi connectivity index (χ2n) is 5.08. The number of anilines is 1. The molecule has 1 saturated heterocycles. The van der Waals surface area contributed by atoms with E-state index in [-0.39, 0.29) is 11.9 Å². The van der Waals surface area contributed by atoms with Gasteiger partial charge in [-0.1, -0.05) is 17.7 Å². The average Bonchev–Trinajstić information content (AvgIpc) is 2.85. The molecule has 0 spiro atoms. The fourth-order valence-electron chi connectivity index (χ4n) is 2.43. The van der Waals surface area contributed by atoms with Gasteiger partial charge >= 0.3 is 0 Å². The summed E-state index contributed by atoms with van der Waals surface area (Å²) < 4.78 is 0. The van der Waals surface area contributed by atoms with Gasteiger partial charge in [0.05, 0.1) is 16.3 Å². The zero-order chi connectivity index (χ0) is 13.8. The summed E-state index contributed by atoms with van der Waals surface area (Å²) in [6, 6.07) is 5.21. The highest BCUT2D eigenvalue weighted by Gasteiger charge is 2.18. The van der Waals surface area contributed by atoms with Crippen molar-refractivity contribution in [3.8, 4) is 0 Å². The van der Waals surface area contributed by atoms with Gasteiger partial charge in [-0.25, -0.2) is 0 Å². The number of hydrogen-bond acceptors (Lipinski definition) is 3. The molecular formula is C14H20ClN3O. The quantitative estimate of drug-likeness (QED) is 0.832. The van der Waals surface area contributed by atoms with Crippen LogP contribution in [0.3, 0.4) is 0 Å². The number of benzene rings is 1. The van der Waals surface area contributed by atoms with E-state index in [2.05, 4.69) is 10.2 Å². The van der Waals surface area contributed by atoms with Crippen LogP contribution in [-0.2, 0) is 0 Å². The monoisotopic (exact) mass is 281 g/mol. The van der Waals surface area contributed by atoms with Gasteiger partial charge in [0.25, 0.3) is 5.91 Å². The van der Waals surface area contributed by atoms with Gasteiger partial charge in [0.15, 0.2) is 0 Å². The fraction of sp³-hybridized carbons (Fsp3) is 0.500. The highest BCUT2D eigenvalue weighted by molar-refractivity contribution is 6.33. The van der Waals surface area contributed by atoms with Crippen LogP contribution in [0.5, 0.6) is 0 Å². The Labute approximate surface area is 118 Å². The van der Waals surface area contributed by atoms with Gasteiger partial charge in [-0.15, -0.1) is 0 Å². The highest BCUT2D eigenvalue weighted by atomic mass is 35.5. The van der Waals surface area contributed by atoms with Gasteiger partial charge in [0.1, 0.15) is 0 Å². The Balaban J connectivity index is 1.94. The topological polar surface area (TPSA) is 58.4 Å². The third-order valence-corrected chi connectivity index (χ3v) is 3.74. The number of hydrogen-bond donors (Lipinski definition) is 2. The maximum absolute atomic E-state index is 12.1. The lowest BCUT2D eigenvalue weighted by atomic mass is 10.1. The van der Waals surface area contributed by atoms with E-state index < -0.39 is 0 Å². The number of nitrogen functional groups attached to an aromatic ring is 1. The molecule has 1 aliphatic rings. The summed E-state index contributed by atoms with van der Waals surface area (Å²) in [6.45, 7) is 5.14. The zero-order valence-corrected chi connectivity index (χ0v) is 11.9. The van der Waals surface area contributed by atoms with Crippen molar-refractivity contribution in [1.82, 2.24) is 10.2 Å². The third kappa shape index (κ3) is 3.61. The average molecular weight is 282 g/mol. The first-order chi connectivity index (χ1) is 9.08. The molecule has 0 aromatic heterocycles. The largest absolute Gasteiger partial charge is 0.397 e. The van der Waals surface area contributed by atoms with Gasteiger partial charge in [-0.05, 0) is 45.0 Å². The molecule has 1 fully saturated rings. The van der Waals surface area contributed by atoms with Crippen LogP contribution >= 0.6 is 11.6 Å². The van der Waals surface area contributed by atoms with Gasteiger partial charge in [0.2, 0.25) is 0 Å². The van der Waals surface area contributed by atoms with Crippen molar-refractivity contribution in [2.24, 2.45) is 0 Å². The summed E-state index contributed by atoms with van der Waals surface area (Å²) in [5, 5.41) is 3.39. The Morgan fingerprint density at radius 2 is 2.16 bits per heavy atom. The van der Waals surface area contributed by atoms with E-state index in [1.54, 1.807) is 18.2 Å². The number of carbonyl (C=O) groups excluding carboxylic acids is 1. The molecule has 2 rings (SSSR count). The fourth-order valence-corrected chi connectivity index (χ4v) is 2.61. The predicted octanol–water partition coefficient (Wildman–Crippen LogP) is 2.14. The van der Waals surface area contributed by atoms with E-state index in [1.165, 1.54) is 12.8 Å². The molecule has 1 aliphatic heterocycles. The molecule has 1 unspecified atom stereocenters. The van der Waals surface area contributed by atoms with Gasteiger partial charge < -0.3 is 16.0 Å². The third-order valence-electron chi connectivity index (χ3n) is 3.41. The molecular weight excluding hydrogens is 262 g/mol. The molecule has 1 amide bonds. The normalized spacial score (nSPS) is 17.4. The molecule has 3 N–H and O–H groups in total. The predicted molar refractivity (Wildman–Crippen MR) is 78.5 cm³/mol. The molecule has 0 radical (unpaired) electrons. The van der Waals surface area contributed by atoms with Crippen molar-refractivity contribution in [3.63, 3.8) is 0 Å². The molecule has 19 heavy (non-hydrogen) atoms. The Hall–Kier alpha value is -1.26. The van der Waals surface area contributed by atoms with E-state index in [1.807, 2.05) is 6.92 Å². The van der Waals surface area contributed by atoms with Gasteiger partial charge in [-0.3, -0.25) is 4.79 Å². The van der Waals surface area contributed by atoms with E-state index in [0.29, 0.717) is 16.3 Å². The number of rotatable bonds is 4. The minimum Gasteiger partial charge on any atom is -0.397 e. The van der Waals surface area contributed by atoms with Crippen molar-refractivity contribution in [2.75, 3.05) is 25.4 Å². The SMILES string of the molecule is CC(CN1CCCC1)NC(=O)c1cccc(Cl)c1N. The summed E-state index contributed by atoms with van der Waals surface area (Å²) >= 11 is 5.92. The first-order valence-electron chi connectivity index (χ1n) is 6.65. The van der Waals surface area contributed by atoms with Crippen LogP contribution in [0.25, 0.3) is 0 Å². The highest BCUT2D eigenvalue weighted by Crippen LogP contribution is 2.22. The summed E-state index contributed by atoms with van der Waals surface area (Å²) in [4.78, 5) is 14.5. The molecule has 1 aromatic rings. The maximum Gasteiger partial charge on any atom is 0.253 e. The summed E-state index contributed by atoms with van der Waals surface area (Å²) in [7, 11) is 0. The molecule has 1 aromatic carbocycles. The number of carbonyl (C=O) groups is 1. The number of likely N-dealkylation sites (tertiary alicyclic amines) is 1. The smallest absolute Gasteiger partial charge is 0.253 e. The Bertz CT molecular complexity index is 458. The number of para-hydroxylation sites is 1. The molecule has 0 saturated carbocycles. The zero-order valence-electron chi connectivity index (χ0n) is 11.2. The summed E-state index contributed by atoms with van der Waals surface area (Å²) in [5.41, 5.74) is 6.61. The van der Waals surface area contributed by atoms with Crippen LogP contribution in [-0.4, -0.2) is 36.5 Å². The Morgan fingerprint density at radius 3 is 2.84 bits per heavy atom.